The predicted octanol–water partition coefficient (Wildman–Crippen LogP) is 2.75. The van der Waals surface area contributed by atoms with Crippen LogP contribution in [0.4, 0.5) is 4.39 Å². The summed E-state index contributed by atoms with van der Waals surface area (Å²) in [6.45, 7) is 0. The monoisotopic (exact) mass is 258 g/mol. The van der Waals surface area contributed by atoms with Gasteiger partial charge in [-0.25, -0.2) is 9.82 Å². The van der Waals surface area contributed by atoms with Gasteiger partial charge >= 0.3 is 0 Å². The van der Waals surface area contributed by atoms with Crippen molar-refractivity contribution in [2.24, 2.45) is 22.9 Å². The van der Waals surface area contributed by atoms with Crippen molar-refractivity contribution >= 4 is 12.1 Å². The van der Waals surface area contributed by atoms with Gasteiger partial charge in [0.2, 0.25) is 0 Å². The summed E-state index contributed by atoms with van der Waals surface area (Å²) in [6.07, 6.45) is 8.62. The molecule has 0 radical (unpaired) electrons. The van der Waals surface area contributed by atoms with Gasteiger partial charge in [-0.3, -0.25) is 4.79 Å². The van der Waals surface area contributed by atoms with Gasteiger partial charge in [0.05, 0.1) is 0 Å². The third-order valence-electron chi connectivity index (χ3n) is 3.85. The third-order valence-corrected chi connectivity index (χ3v) is 3.85. The fourth-order valence-electron chi connectivity index (χ4n) is 2.88. The van der Waals surface area contributed by atoms with Crippen LogP contribution in [-0.2, 0) is 0 Å². The normalized spacial score (nSPS) is 28.2. The molecule has 1 aromatic carbocycles. The van der Waals surface area contributed by atoms with Crippen LogP contribution >= 0.6 is 0 Å². The summed E-state index contributed by atoms with van der Waals surface area (Å²) in [5, 5.41) is 4.00. The first kappa shape index (κ1) is 12.1. The van der Waals surface area contributed by atoms with Crippen LogP contribution in [0.15, 0.2) is 41.5 Å². The first-order valence-electron chi connectivity index (χ1n) is 6.50. The quantitative estimate of drug-likeness (QED) is 0.505. The van der Waals surface area contributed by atoms with E-state index in [1.807, 2.05) is 6.21 Å². The van der Waals surface area contributed by atoms with E-state index >= 15 is 0 Å². The highest BCUT2D eigenvalue weighted by molar-refractivity contribution is 5.94. The molecule has 0 aromatic heterocycles. The number of hydrogen-bond acceptors (Lipinski definition) is 2. The van der Waals surface area contributed by atoms with E-state index in [1.165, 1.54) is 24.6 Å². The second-order valence-electron chi connectivity index (χ2n) is 5.17. The second kappa shape index (κ2) is 4.96. The van der Waals surface area contributed by atoms with Crippen molar-refractivity contribution in [2.75, 3.05) is 0 Å². The van der Waals surface area contributed by atoms with E-state index in [4.69, 9.17) is 0 Å². The van der Waals surface area contributed by atoms with E-state index in [2.05, 4.69) is 22.7 Å². The minimum Gasteiger partial charge on any atom is -0.267 e. The van der Waals surface area contributed by atoms with Crippen LogP contribution in [0.3, 0.4) is 0 Å². The summed E-state index contributed by atoms with van der Waals surface area (Å²) in [4.78, 5) is 11.7. The van der Waals surface area contributed by atoms with Crippen LogP contribution in [0.2, 0.25) is 0 Å². The van der Waals surface area contributed by atoms with Gasteiger partial charge in [-0.2, -0.15) is 5.10 Å². The van der Waals surface area contributed by atoms with E-state index in [0.717, 1.165) is 6.42 Å². The summed E-state index contributed by atoms with van der Waals surface area (Å²) >= 11 is 0. The van der Waals surface area contributed by atoms with E-state index in [9.17, 15) is 9.18 Å². The number of nitrogens with zero attached hydrogens (tertiary/aromatic N) is 1. The van der Waals surface area contributed by atoms with Crippen LogP contribution in [0.1, 0.15) is 23.2 Å². The topological polar surface area (TPSA) is 41.5 Å². The van der Waals surface area contributed by atoms with E-state index in [-0.39, 0.29) is 11.5 Å². The van der Waals surface area contributed by atoms with E-state index in [1.54, 1.807) is 6.07 Å². The molecule has 3 unspecified atom stereocenters. The minimum atomic E-state index is -0.421. The van der Waals surface area contributed by atoms with E-state index in [0.29, 0.717) is 17.8 Å². The standard InChI is InChI=1S/C15H15FN2O/c16-14-3-1-2-12(8-14)15(19)18-17-9-13-7-10-4-5-11(13)6-10/h1-5,8-11,13H,6-7H2,(H,18,19). The number of fused-ring (bicyclic) bond motifs is 2. The van der Waals surface area contributed by atoms with Gasteiger partial charge in [0.15, 0.2) is 0 Å². The molecule has 3 atom stereocenters. The van der Waals surface area contributed by atoms with Gasteiger partial charge in [-0.05, 0) is 42.9 Å². The molecule has 1 fully saturated rings. The fourth-order valence-corrected chi connectivity index (χ4v) is 2.88. The molecule has 0 aliphatic heterocycles. The molecule has 1 saturated carbocycles. The molecule has 1 amide bonds. The maximum atomic E-state index is 13.0. The van der Waals surface area contributed by atoms with Gasteiger partial charge in [0, 0.05) is 17.7 Å². The Hall–Kier alpha value is -1.97. The summed E-state index contributed by atoms with van der Waals surface area (Å²) < 4.78 is 13.0. The molecule has 2 aliphatic rings. The highest BCUT2D eigenvalue weighted by atomic mass is 19.1. The van der Waals surface area contributed by atoms with Crippen molar-refractivity contribution in [3.8, 4) is 0 Å². The molecule has 4 heteroatoms. The number of hydrazone groups is 1. The zero-order valence-corrected chi connectivity index (χ0v) is 10.4. The van der Waals surface area contributed by atoms with Crippen molar-refractivity contribution in [2.45, 2.75) is 12.8 Å². The van der Waals surface area contributed by atoms with Crippen molar-refractivity contribution in [1.82, 2.24) is 5.43 Å². The molecule has 0 saturated heterocycles. The molecular weight excluding hydrogens is 243 g/mol. The number of carbonyl (C=O) groups excluding carboxylic acids is 1. The van der Waals surface area contributed by atoms with Gasteiger partial charge in [-0.15, -0.1) is 0 Å². The van der Waals surface area contributed by atoms with Crippen molar-refractivity contribution < 1.29 is 9.18 Å². The highest BCUT2D eigenvalue weighted by Gasteiger charge is 2.34. The number of nitrogens with one attached hydrogen (secondary N) is 1. The summed E-state index contributed by atoms with van der Waals surface area (Å²) in [5.74, 6) is 0.868. The van der Waals surface area contributed by atoms with Crippen LogP contribution in [-0.4, -0.2) is 12.1 Å². The number of benzene rings is 1. The van der Waals surface area contributed by atoms with Crippen molar-refractivity contribution in [3.05, 3.63) is 47.8 Å². The lowest BCUT2D eigenvalue weighted by atomic mass is 9.95. The smallest absolute Gasteiger partial charge is 0.267 e. The van der Waals surface area contributed by atoms with Crippen LogP contribution in [0.25, 0.3) is 0 Å². The first-order valence-corrected chi connectivity index (χ1v) is 6.50. The molecule has 2 bridgehead atoms. The van der Waals surface area contributed by atoms with Crippen LogP contribution in [0.5, 0.6) is 0 Å². The van der Waals surface area contributed by atoms with Crippen LogP contribution in [0, 0.1) is 23.6 Å². The van der Waals surface area contributed by atoms with Gasteiger partial charge < -0.3 is 0 Å². The first-order chi connectivity index (χ1) is 9.22. The Morgan fingerprint density at radius 1 is 1.37 bits per heavy atom. The molecule has 2 aliphatic carbocycles. The Labute approximate surface area is 111 Å². The molecule has 0 spiro atoms. The number of hydrogen-bond donors (Lipinski definition) is 1. The molecule has 0 heterocycles. The number of allylic oxidation sites excluding steroid dienone is 2. The lowest BCUT2D eigenvalue weighted by Gasteiger charge is -2.11. The molecule has 98 valence electrons. The minimum absolute atomic E-state index is 0.282. The average Bonchev–Trinajstić information content (AvgIpc) is 3.01. The van der Waals surface area contributed by atoms with Gasteiger partial charge in [0.1, 0.15) is 5.82 Å². The molecule has 19 heavy (non-hydrogen) atoms. The summed E-state index contributed by atoms with van der Waals surface area (Å²) in [6, 6.07) is 5.58. The number of amides is 1. The third kappa shape index (κ3) is 2.57. The highest BCUT2D eigenvalue weighted by Crippen LogP contribution is 2.42. The Morgan fingerprint density at radius 3 is 2.95 bits per heavy atom. The lowest BCUT2D eigenvalue weighted by Crippen LogP contribution is -2.19. The van der Waals surface area contributed by atoms with Gasteiger partial charge in [0.25, 0.3) is 5.91 Å². The Kier molecular flexibility index (Phi) is 3.15. The van der Waals surface area contributed by atoms with Crippen LogP contribution < -0.4 is 5.43 Å². The Morgan fingerprint density at radius 2 is 2.26 bits per heavy atom. The van der Waals surface area contributed by atoms with Gasteiger partial charge in [-0.1, -0.05) is 18.2 Å². The predicted molar refractivity (Wildman–Crippen MR) is 71.2 cm³/mol. The SMILES string of the molecule is O=C(NN=CC1CC2C=CC1C2)c1cccc(F)c1. The largest absolute Gasteiger partial charge is 0.271 e. The molecule has 3 rings (SSSR count). The second-order valence-corrected chi connectivity index (χ2v) is 5.17. The summed E-state index contributed by atoms with van der Waals surface area (Å²) in [7, 11) is 0. The fraction of sp³-hybridized carbons (Fsp3) is 0.333. The molecule has 1 aromatic rings. The number of halogens is 1. The number of carbonyl (C=O) groups is 1. The van der Waals surface area contributed by atoms with Crippen molar-refractivity contribution in [1.29, 1.82) is 0 Å². The Balaban J connectivity index is 1.57. The maximum Gasteiger partial charge on any atom is 0.271 e. The maximum absolute atomic E-state index is 13.0. The molecule has 3 nitrogen and oxygen atoms in total. The molecular formula is C15H15FN2O. The number of rotatable bonds is 3. The van der Waals surface area contributed by atoms with Crippen molar-refractivity contribution in [3.63, 3.8) is 0 Å². The lowest BCUT2D eigenvalue weighted by molar-refractivity contribution is 0.0954. The average molecular weight is 258 g/mol. The zero-order chi connectivity index (χ0) is 13.2. The Bertz CT molecular complexity index is 553. The summed E-state index contributed by atoms with van der Waals surface area (Å²) in [5.41, 5.74) is 2.73. The zero-order valence-electron chi connectivity index (χ0n) is 10.4. The van der Waals surface area contributed by atoms with E-state index < -0.39 is 5.82 Å². The molecule has 1 N–H and O–H groups in total.